The molecule has 7 heteroatoms. The van der Waals surface area contributed by atoms with E-state index in [2.05, 4.69) is 19.9 Å². The molecule has 1 aliphatic rings. The monoisotopic (exact) mass is 284 g/mol. The first-order valence-electron chi connectivity index (χ1n) is 6.47. The van der Waals surface area contributed by atoms with Crippen LogP contribution in [0.4, 0.5) is 5.82 Å². The fraction of sp³-hybridized carbons (Fsp3) is 0.583. The fourth-order valence-corrected chi connectivity index (χ4v) is 3.18. The molecule has 0 spiro atoms. The van der Waals surface area contributed by atoms with Crippen LogP contribution in [-0.4, -0.2) is 51.5 Å². The summed E-state index contributed by atoms with van der Waals surface area (Å²) in [6.07, 6.45) is 3.91. The van der Waals surface area contributed by atoms with Crippen LogP contribution in [0, 0.1) is 0 Å². The highest BCUT2D eigenvalue weighted by Gasteiger charge is 2.16. The van der Waals surface area contributed by atoms with E-state index >= 15 is 0 Å². The van der Waals surface area contributed by atoms with Gasteiger partial charge in [-0.1, -0.05) is 0 Å². The van der Waals surface area contributed by atoms with Crippen molar-refractivity contribution in [2.45, 2.75) is 17.7 Å². The molecule has 2 rings (SSSR count). The molecule has 0 saturated carbocycles. The number of sulfonamides is 1. The van der Waals surface area contributed by atoms with Crippen molar-refractivity contribution in [1.82, 2.24) is 14.6 Å². The average Bonchev–Trinajstić information content (AvgIpc) is 2.92. The molecule has 1 aliphatic heterocycles. The first kappa shape index (κ1) is 14.2. The van der Waals surface area contributed by atoms with Crippen LogP contribution in [0.1, 0.15) is 12.8 Å². The van der Waals surface area contributed by atoms with Crippen molar-refractivity contribution in [2.24, 2.45) is 0 Å². The number of nitrogens with one attached hydrogen (secondary N) is 2. The minimum absolute atomic E-state index is 0.244. The van der Waals surface area contributed by atoms with Crippen molar-refractivity contribution < 1.29 is 8.42 Å². The maximum absolute atomic E-state index is 12.1. The lowest BCUT2D eigenvalue weighted by molar-refractivity contribution is 0.344. The Balaban J connectivity index is 1.93. The van der Waals surface area contributed by atoms with E-state index in [4.69, 9.17) is 0 Å². The number of pyridine rings is 1. The predicted molar refractivity (Wildman–Crippen MR) is 74.6 cm³/mol. The summed E-state index contributed by atoms with van der Waals surface area (Å²) in [4.78, 5) is 6.52. The molecule has 6 nitrogen and oxygen atoms in total. The van der Waals surface area contributed by atoms with Crippen LogP contribution in [0.25, 0.3) is 0 Å². The van der Waals surface area contributed by atoms with Crippen molar-refractivity contribution >= 4 is 15.8 Å². The van der Waals surface area contributed by atoms with Crippen LogP contribution in [0.15, 0.2) is 23.2 Å². The minimum Gasteiger partial charge on any atom is -0.373 e. The summed E-state index contributed by atoms with van der Waals surface area (Å²) in [7, 11) is -1.73. The van der Waals surface area contributed by atoms with Gasteiger partial charge in [0.25, 0.3) is 0 Å². The molecule has 1 saturated heterocycles. The van der Waals surface area contributed by atoms with E-state index in [0.717, 1.165) is 19.6 Å². The molecule has 0 amide bonds. The summed E-state index contributed by atoms with van der Waals surface area (Å²) in [6, 6.07) is 3.03. The Morgan fingerprint density at radius 2 is 2.11 bits per heavy atom. The molecule has 0 unspecified atom stereocenters. The third-order valence-electron chi connectivity index (χ3n) is 3.22. The van der Waals surface area contributed by atoms with Crippen LogP contribution < -0.4 is 10.0 Å². The van der Waals surface area contributed by atoms with Crippen LogP contribution in [0.3, 0.4) is 0 Å². The molecule has 0 radical (unpaired) electrons. The Morgan fingerprint density at radius 3 is 2.79 bits per heavy atom. The maximum atomic E-state index is 12.1. The second kappa shape index (κ2) is 6.31. The number of aromatic nitrogens is 1. The van der Waals surface area contributed by atoms with E-state index in [9.17, 15) is 8.42 Å². The van der Waals surface area contributed by atoms with Gasteiger partial charge in [-0.3, -0.25) is 0 Å². The quantitative estimate of drug-likeness (QED) is 0.795. The average molecular weight is 284 g/mol. The first-order chi connectivity index (χ1) is 9.12. The SMILES string of the molecule is CNc1cc(S(=O)(=O)NCCN2CCCC2)ccn1. The highest BCUT2D eigenvalue weighted by molar-refractivity contribution is 7.89. The Labute approximate surface area is 114 Å². The number of likely N-dealkylation sites (tertiary alicyclic amines) is 1. The summed E-state index contributed by atoms with van der Waals surface area (Å²) in [5.74, 6) is 0.544. The largest absolute Gasteiger partial charge is 0.373 e. The molecule has 1 aromatic heterocycles. The molecule has 19 heavy (non-hydrogen) atoms. The molecule has 0 atom stereocenters. The number of anilines is 1. The number of nitrogens with zero attached hydrogens (tertiary/aromatic N) is 2. The number of hydrogen-bond donors (Lipinski definition) is 2. The number of hydrogen-bond acceptors (Lipinski definition) is 5. The summed E-state index contributed by atoms with van der Waals surface area (Å²) >= 11 is 0. The van der Waals surface area contributed by atoms with Crippen LogP contribution in [0.5, 0.6) is 0 Å². The van der Waals surface area contributed by atoms with Crippen LogP contribution in [-0.2, 0) is 10.0 Å². The topological polar surface area (TPSA) is 74.3 Å². The Morgan fingerprint density at radius 1 is 1.37 bits per heavy atom. The maximum Gasteiger partial charge on any atom is 0.240 e. The van der Waals surface area contributed by atoms with Crippen molar-refractivity contribution in [3.05, 3.63) is 18.3 Å². The summed E-state index contributed by atoms with van der Waals surface area (Å²) < 4.78 is 26.8. The van der Waals surface area contributed by atoms with Crippen molar-refractivity contribution in [1.29, 1.82) is 0 Å². The minimum atomic E-state index is -3.44. The van der Waals surface area contributed by atoms with Crippen molar-refractivity contribution in [2.75, 3.05) is 38.5 Å². The molecular formula is C12H20N4O2S. The molecular weight excluding hydrogens is 264 g/mol. The van der Waals surface area contributed by atoms with E-state index in [-0.39, 0.29) is 4.90 Å². The van der Waals surface area contributed by atoms with E-state index in [1.165, 1.54) is 31.2 Å². The molecule has 2 N–H and O–H groups in total. The van der Waals surface area contributed by atoms with E-state index in [1.807, 2.05) is 0 Å². The van der Waals surface area contributed by atoms with Gasteiger partial charge in [-0.15, -0.1) is 0 Å². The third kappa shape index (κ3) is 3.89. The summed E-state index contributed by atoms with van der Waals surface area (Å²) in [5.41, 5.74) is 0. The summed E-state index contributed by atoms with van der Waals surface area (Å²) in [5, 5.41) is 2.83. The van der Waals surface area contributed by atoms with E-state index in [0.29, 0.717) is 12.4 Å². The Bertz CT molecular complexity index is 512. The van der Waals surface area contributed by atoms with Gasteiger partial charge in [0.15, 0.2) is 0 Å². The third-order valence-corrected chi connectivity index (χ3v) is 4.68. The van der Waals surface area contributed by atoms with Gasteiger partial charge >= 0.3 is 0 Å². The zero-order chi connectivity index (χ0) is 13.7. The van der Waals surface area contributed by atoms with Gasteiger partial charge in [-0.2, -0.15) is 0 Å². The van der Waals surface area contributed by atoms with Crippen LogP contribution >= 0.6 is 0 Å². The molecule has 0 aliphatic carbocycles. The predicted octanol–water partition coefficient (Wildman–Crippen LogP) is 0.497. The second-order valence-electron chi connectivity index (χ2n) is 4.57. The van der Waals surface area contributed by atoms with Gasteiger partial charge < -0.3 is 10.2 Å². The highest BCUT2D eigenvalue weighted by atomic mass is 32.2. The van der Waals surface area contributed by atoms with Gasteiger partial charge in [0.1, 0.15) is 5.82 Å². The van der Waals surface area contributed by atoms with Gasteiger partial charge in [0, 0.05) is 32.4 Å². The zero-order valence-electron chi connectivity index (χ0n) is 11.1. The molecule has 0 bridgehead atoms. The van der Waals surface area contributed by atoms with Gasteiger partial charge in [0.05, 0.1) is 4.90 Å². The van der Waals surface area contributed by atoms with E-state index < -0.39 is 10.0 Å². The molecule has 1 fully saturated rings. The molecule has 2 heterocycles. The van der Waals surface area contributed by atoms with E-state index in [1.54, 1.807) is 7.05 Å². The summed E-state index contributed by atoms with van der Waals surface area (Å²) in [6.45, 7) is 3.35. The van der Waals surface area contributed by atoms with Crippen molar-refractivity contribution in [3.63, 3.8) is 0 Å². The number of rotatable bonds is 6. The lowest BCUT2D eigenvalue weighted by Gasteiger charge is -2.15. The lowest BCUT2D eigenvalue weighted by atomic mass is 10.4. The van der Waals surface area contributed by atoms with Gasteiger partial charge in [-0.25, -0.2) is 18.1 Å². The molecule has 106 valence electrons. The fourth-order valence-electron chi connectivity index (χ4n) is 2.14. The second-order valence-corrected chi connectivity index (χ2v) is 6.34. The Kier molecular flexibility index (Phi) is 4.73. The van der Waals surface area contributed by atoms with Gasteiger partial charge in [-0.05, 0) is 32.0 Å². The zero-order valence-corrected chi connectivity index (χ0v) is 11.9. The molecule has 1 aromatic rings. The standard InChI is InChI=1S/C12H20N4O2S/c1-13-12-10-11(4-5-14-12)19(17,18)15-6-9-16-7-2-3-8-16/h4-5,10,15H,2-3,6-9H2,1H3,(H,13,14). The van der Waals surface area contributed by atoms with Gasteiger partial charge in [0.2, 0.25) is 10.0 Å². The lowest BCUT2D eigenvalue weighted by Crippen LogP contribution is -2.33. The van der Waals surface area contributed by atoms with Crippen molar-refractivity contribution in [3.8, 4) is 0 Å². The Hall–Kier alpha value is -1.18. The molecule has 0 aromatic carbocycles. The smallest absolute Gasteiger partial charge is 0.240 e. The highest BCUT2D eigenvalue weighted by Crippen LogP contribution is 2.12. The normalized spacial score (nSPS) is 16.7. The van der Waals surface area contributed by atoms with Crippen LogP contribution in [0.2, 0.25) is 0 Å². The first-order valence-corrected chi connectivity index (χ1v) is 7.96.